The zero-order chi connectivity index (χ0) is 13.9. The molecule has 0 spiro atoms. The number of carboxylic acid groups (broad SMARTS) is 1. The molecule has 0 aliphatic carbocycles. The van der Waals surface area contributed by atoms with Crippen LogP contribution in [0, 0.1) is 5.82 Å². The summed E-state index contributed by atoms with van der Waals surface area (Å²) < 4.78 is 49.9. The summed E-state index contributed by atoms with van der Waals surface area (Å²) in [7, 11) is 0. The first kappa shape index (κ1) is 13.9. The lowest BCUT2D eigenvalue weighted by Crippen LogP contribution is -2.29. The van der Waals surface area contributed by atoms with Crippen molar-refractivity contribution in [2.45, 2.75) is 6.18 Å². The van der Waals surface area contributed by atoms with Crippen LogP contribution in [0.3, 0.4) is 0 Å². The summed E-state index contributed by atoms with van der Waals surface area (Å²) >= 11 is 0. The van der Waals surface area contributed by atoms with Crippen LogP contribution in [0.25, 0.3) is 0 Å². The lowest BCUT2D eigenvalue weighted by Gasteiger charge is -2.09. The van der Waals surface area contributed by atoms with Gasteiger partial charge in [-0.25, -0.2) is 4.39 Å². The molecule has 1 rings (SSSR count). The number of carbonyl (C=O) groups excluding carboxylic acids is 1. The van der Waals surface area contributed by atoms with Gasteiger partial charge in [0, 0.05) is 5.56 Å². The second kappa shape index (κ2) is 5.03. The average Bonchev–Trinajstić information content (AvgIpc) is 2.23. The van der Waals surface area contributed by atoms with Crippen molar-refractivity contribution in [3.05, 3.63) is 35.1 Å². The minimum atomic E-state index is -4.79. The fraction of sp³-hybridized carbons (Fsp3) is 0.200. The summed E-state index contributed by atoms with van der Waals surface area (Å²) in [4.78, 5) is 21.4. The van der Waals surface area contributed by atoms with Crippen LogP contribution in [0.1, 0.15) is 15.9 Å². The van der Waals surface area contributed by atoms with Gasteiger partial charge in [-0.1, -0.05) is 0 Å². The number of hydrogen-bond acceptors (Lipinski definition) is 2. The summed E-state index contributed by atoms with van der Waals surface area (Å²) in [6.07, 6.45) is -4.79. The number of aliphatic carboxylic acids is 1. The molecule has 18 heavy (non-hydrogen) atoms. The third kappa shape index (κ3) is 3.72. The van der Waals surface area contributed by atoms with Gasteiger partial charge in [0.25, 0.3) is 5.91 Å². The number of rotatable bonds is 3. The Labute approximate surface area is 98.2 Å². The van der Waals surface area contributed by atoms with Gasteiger partial charge in [-0.3, -0.25) is 9.59 Å². The fourth-order valence-electron chi connectivity index (χ4n) is 1.14. The summed E-state index contributed by atoms with van der Waals surface area (Å²) in [5, 5.41) is 10.1. The van der Waals surface area contributed by atoms with Crippen LogP contribution in [-0.2, 0) is 11.0 Å². The maximum atomic E-state index is 12.9. The van der Waals surface area contributed by atoms with E-state index in [2.05, 4.69) is 0 Å². The predicted octanol–water partition coefficient (Wildman–Crippen LogP) is 1.66. The smallest absolute Gasteiger partial charge is 0.416 e. The molecule has 0 aliphatic heterocycles. The number of carbonyl (C=O) groups is 2. The molecule has 0 aromatic heterocycles. The molecule has 0 aliphatic rings. The monoisotopic (exact) mass is 265 g/mol. The third-order valence-corrected chi connectivity index (χ3v) is 1.89. The van der Waals surface area contributed by atoms with Crippen LogP contribution in [0.5, 0.6) is 0 Å². The Balaban J connectivity index is 2.99. The maximum Gasteiger partial charge on any atom is 0.416 e. The number of nitrogens with one attached hydrogen (secondary N) is 1. The van der Waals surface area contributed by atoms with Gasteiger partial charge < -0.3 is 10.4 Å². The molecule has 0 saturated carbocycles. The van der Waals surface area contributed by atoms with Gasteiger partial charge in [0.1, 0.15) is 12.4 Å². The second-order valence-electron chi connectivity index (χ2n) is 3.30. The first-order valence-corrected chi connectivity index (χ1v) is 4.58. The highest BCUT2D eigenvalue weighted by atomic mass is 19.4. The van der Waals surface area contributed by atoms with Crippen molar-refractivity contribution in [3.63, 3.8) is 0 Å². The lowest BCUT2D eigenvalue weighted by molar-refractivity contribution is -0.138. The highest BCUT2D eigenvalue weighted by Crippen LogP contribution is 2.30. The van der Waals surface area contributed by atoms with Gasteiger partial charge >= 0.3 is 12.1 Å². The molecule has 0 heterocycles. The van der Waals surface area contributed by atoms with Gasteiger partial charge in [-0.2, -0.15) is 13.2 Å². The summed E-state index contributed by atoms with van der Waals surface area (Å²) in [6, 6.07) is 1.28. The molecule has 0 fully saturated rings. The van der Waals surface area contributed by atoms with Crippen molar-refractivity contribution in [1.82, 2.24) is 5.32 Å². The number of alkyl halides is 3. The maximum absolute atomic E-state index is 12.9. The molecule has 1 aromatic carbocycles. The largest absolute Gasteiger partial charge is 0.480 e. The Bertz CT molecular complexity index is 485. The van der Waals surface area contributed by atoms with Crippen molar-refractivity contribution in [2.75, 3.05) is 6.54 Å². The topological polar surface area (TPSA) is 66.4 Å². The van der Waals surface area contributed by atoms with Crippen molar-refractivity contribution in [1.29, 1.82) is 0 Å². The molecule has 98 valence electrons. The minimum absolute atomic E-state index is 0.244. The minimum Gasteiger partial charge on any atom is -0.480 e. The van der Waals surface area contributed by atoms with Gasteiger partial charge in [0.2, 0.25) is 0 Å². The number of hydrogen-bond donors (Lipinski definition) is 2. The third-order valence-electron chi connectivity index (χ3n) is 1.89. The zero-order valence-electron chi connectivity index (χ0n) is 8.71. The average molecular weight is 265 g/mol. The standard InChI is InChI=1S/C10H7F4NO3/c11-7-2-5(9(18)15-4-8(16)17)1-6(3-7)10(12,13)14/h1-3H,4H2,(H,15,18)(H,16,17). The Morgan fingerprint density at radius 2 is 1.83 bits per heavy atom. The fourth-order valence-corrected chi connectivity index (χ4v) is 1.14. The molecular weight excluding hydrogens is 258 g/mol. The number of amides is 1. The van der Waals surface area contributed by atoms with E-state index in [0.717, 1.165) is 0 Å². The molecule has 0 bridgehead atoms. The van der Waals surface area contributed by atoms with Crippen molar-refractivity contribution in [3.8, 4) is 0 Å². The molecule has 0 radical (unpaired) electrons. The first-order valence-electron chi connectivity index (χ1n) is 4.58. The van der Waals surface area contributed by atoms with Crippen LogP contribution in [0.4, 0.5) is 17.6 Å². The molecule has 0 saturated heterocycles. The molecule has 4 nitrogen and oxygen atoms in total. The molecule has 1 aromatic rings. The molecule has 1 amide bonds. The Morgan fingerprint density at radius 1 is 1.22 bits per heavy atom. The quantitative estimate of drug-likeness (QED) is 0.817. The van der Waals surface area contributed by atoms with Crippen LogP contribution < -0.4 is 5.32 Å². The van der Waals surface area contributed by atoms with E-state index in [1.165, 1.54) is 0 Å². The molecule has 0 atom stereocenters. The van der Waals surface area contributed by atoms with Gasteiger partial charge in [-0.05, 0) is 18.2 Å². The van der Waals surface area contributed by atoms with E-state index in [9.17, 15) is 27.2 Å². The van der Waals surface area contributed by atoms with Gasteiger partial charge in [0.05, 0.1) is 5.56 Å². The molecule has 2 N–H and O–H groups in total. The van der Waals surface area contributed by atoms with Crippen LogP contribution >= 0.6 is 0 Å². The number of halogens is 4. The van der Waals surface area contributed by atoms with Crippen LogP contribution in [0.15, 0.2) is 18.2 Å². The Morgan fingerprint density at radius 3 is 2.33 bits per heavy atom. The normalized spacial score (nSPS) is 11.1. The summed E-state index contributed by atoms with van der Waals surface area (Å²) in [5.74, 6) is -3.69. The molecular formula is C10H7F4NO3. The van der Waals surface area contributed by atoms with E-state index in [4.69, 9.17) is 5.11 Å². The van der Waals surface area contributed by atoms with Crippen LogP contribution in [-0.4, -0.2) is 23.5 Å². The van der Waals surface area contributed by atoms with Crippen molar-refractivity contribution < 1.29 is 32.3 Å². The molecule has 0 unspecified atom stereocenters. The highest BCUT2D eigenvalue weighted by Gasteiger charge is 2.31. The SMILES string of the molecule is O=C(O)CNC(=O)c1cc(F)cc(C(F)(F)F)c1. The van der Waals surface area contributed by atoms with E-state index in [1.54, 1.807) is 0 Å². The number of carboxylic acids is 1. The zero-order valence-corrected chi connectivity index (χ0v) is 8.71. The van der Waals surface area contributed by atoms with E-state index in [0.29, 0.717) is 12.1 Å². The van der Waals surface area contributed by atoms with Crippen molar-refractivity contribution >= 4 is 11.9 Å². The predicted molar refractivity (Wildman–Crippen MR) is 51.4 cm³/mol. The van der Waals surface area contributed by atoms with Gasteiger partial charge in [-0.15, -0.1) is 0 Å². The van der Waals surface area contributed by atoms with Crippen LogP contribution in [0.2, 0.25) is 0 Å². The van der Waals surface area contributed by atoms with Crippen molar-refractivity contribution in [2.24, 2.45) is 0 Å². The lowest BCUT2D eigenvalue weighted by atomic mass is 10.1. The highest BCUT2D eigenvalue weighted by molar-refractivity contribution is 5.95. The summed E-state index contributed by atoms with van der Waals surface area (Å²) in [6.45, 7) is -0.767. The second-order valence-corrected chi connectivity index (χ2v) is 3.30. The van der Waals surface area contributed by atoms with E-state index < -0.39 is 41.5 Å². The van der Waals surface area contributed by atoms with E-state index >= 15 is 0 Å². The Hall–Kier alpha value is -2.12. The number of benzene rings is 1. The first-order chi connectivity index (χ1) is 8.20. The Kier molecular flexibility index (Phi) is 3.89. The van der Waals surface area contributed by atoms with Gasteiger partial charge in [0.15, 0.2) is 0 Å². The van der Waals surface area contributed by atoms with E-state index in [-0.39, 0.29) is 6.07 Å². The van der Waals surface area contributed by atoms with E-state index in [1.807, 2.05) is 5.32 Å². The molecule has 8 heteroatoms. The summed E-state index contributed by atoms with van der Waals surface area (Å²) in [5.41, 5.74) is -1.91.